The van der Waals surface area contributed by atoms with Crippen LogP contribution < -0.4 is 14.8 Å². The fourth-order valence-electron chi connectivity index (χ4n) is 3.22. The van der Waals surface area contributed by atoms with Gasteiger partial charge in [-0.1, -0.05) is 6.07 Å². The Labute approximate surface area is 154 Å². The lowest BCUT2D eigenvalue weighted by Crippen LogP contribution is -2.42. The predicted octanol–water partition coefficient (Wildman–Crippen LogP) is 3.68. The number of ether oxygens (including phenoxy) is 2. The lowest BCUT2D eigenvalue weighted by Gasteiger charge is -2.32. The van der Waals surface area contributed by atoms with Crippen molar-refractivity contribution in [3.8, 4) is 11.5 Å². The van der Waals surface area contributed by atoms with Crippen molar-refractivity contribution in [3.05, 3.63) is 23.8 Å². The van der Waals surface area contributed by atoms with Gasteiger partial charge in [0, 0.05) is 12.6 Å². The molecule has 1 aromatic carbocycles. The van der Waals surface area contributed by atoms with E-state index < -0.39 is 6.61 Å². The lowest BCUT2D eigenvalue weighted by atomic mass is 10.0. The molecule has 1 aliphatic heterocycles. The van der Waals surface area contributed by atoms with E-state index in [1.165, 1.54) is 20.0 Å². The minimum atomic E-state index is -2.84. The molecule has 4 nitrogen and oxygen atoms in total. The van der Waals surface area contributed by atoms with Gasteiger partial charge in [-0.25, -0.2) is 0 Å². The molecule has 3 rings (SSSR count). The van der Waals surface area contributed by atoms with Gasteiger partial charge in [-0.15, -0.1) is 12.4 Å². The number of likely N-dealkylation sites (tertiary alicyclic amines) is 1. The van der Waals surface area contributed by atoms with E-state index in [2.05, 4.69) is 15.0 Å². The van der Waals surface area contributed by atoms with Crippen LogP contribution in [0, 0.1) is 5.92 Å². The zero-order valence-corrected chi connectivity index (χ0v) is 15.4. The number of hydrogen-bond acceptors (Lipinski definition) is 4. The monoisotopic (exact) mass is 376 g/mol. The molecule has 0 atom stereocenters. The summed E-state index contributed by atoms with van der Waals surface area (Å²) in [6.45, 7) is 1.12. The summed E-state index contributed by atoms with van der Waals surface area (Å²) in [7, 11) is 1.45. The van der Waals surface area contributed by atoms with Gasteiger partial charge in [0.15, 0.2) is 11.5 Å². The van der Waals surface area contributed by atoms with E-state index >= 15 is 0 Å². The van der Waals surface area contributed by atoms with E-state index in [4.69, 9.17) is 4.74 Å². The van der Waals surface area contributed by atoms with Gasteiger partial charge in [-0.2, -0.15) is 8.78 Å². The first-order chi connectivity index (χ1) is 11.6. The lowest BCUT2D eigenvalue weighted by molar-refractivity contribution is -0.0512. The van der Waals surface area contributed by atoms with E-state index in [0.29, 0.717) is 11.8 Å². The van der Waals surface area contributed by atoms with Gasteiger partial charge in [0.05, 0.1) is 7.11 Å². The predicted molar refractivity (Wildman–Crippen MR) is 95.9 cm³/mol. The first-order valence-corrected chi connectivity index (χ1v) is 8.71. The second kappa shape index (κ2) is 9.55. The Balaban J connectivity index is 0.00000225. The summed E-state index contributed by atoms with van der Waals surface area (Å²) in [6, 6.07) is 5.88. The topological polar surface area (TPSA) is 33.7 Å². The standard InChI is InChI=1S/C18H26F2N2O2.ClH/c1-23-16-5-4-14(10-17(16)24-18(19)20)12-22-8-6-15(7-9-22)21-11-13-2-3-13;/h4-5,10,13,15,18,21H,2-3,6-9,11-12H2,1H3;1H. The molecule has 2 fully saturated rings. The molecular formula is C18H27ClF2N2O2. The van der Waals surface area contributed by atoms with Crippen molar-refractivity contribution in [1.82, 2.24) is 10.2 Å². The van der Waals surface area contributed by atoms with Gasteiger partial charge in [0.2, 0.25) is 0 Å². The van der Waals surface area contributed by atoms with Crippen LogP contribution in [-0.4, -0.2) is 44.3 Å². The SMILES string of the molecule is COc1ccc(CN2CCC(NCC3CC3)CC2)cc1OC(F)F.Cl. The molecule has 0 radical (unpaired) electrons. The molecule has 1 aromatic rings. The molecule has 0 spiro atoms. The zero-order chi connectivity index (χ0) is 16.9. The van der Waals surface area contributed by atoms with Gasteiger partial charge in [0.25, 0.3) is 0 Å². The average molecular weight is 377 g/mol. The van der Waals surface area contributed by atoms with Crippen LogP contribution in [0.15, 0.2) is 18.2 Å². The van der Waals surface area contributed by atoms with Crippen LogP contribution in [0.25, 0.3) is 0 Å². The number of alkyl halides is 2. The molecule has 0 bridgehead atoms. The van der Waals surface area contributed by atoms with Crippen LogP contribution in [0.2, 0.25) is 0 Å². The third kappa shape index (κ3) is 6.28. The van der Waals surface area contributed by atoms with Crippen LogP contribution in [0.3, 0.4) is 0 Å². The van der Waals surface area contributed by atoms with Crippen molar-refractivity contribution in [2.75, 3.05) is 26.7 Å². The Kier molecular flexibility index (Phi) is 7.72. The number of rotatable bonds is 8. The number of methoxy groups -OCH3 is 1. The maximum Gasteiger partial charge on any atom is 0.387 e. The molecule has 1 heterocycles. The molecule has 1 aliphatic carbocycles. The van der Waals surface area contributed by atoms with Gasteiger partial charge in [-0.3, -0.25) is 4.90 Å². The Morgan fingerprint density at radius 1 is 1.16 bits per heavy atom. The number of nitrogens with zero attached hydrogens (tertiary/aromatic N) is 1. The van der Waals surface area contributed by atoms with Crippen molar-refractivity contribution < 1.29 is 18.3 Å². The molecule has 0 aromatic heterocycles. The van der Waals surface area contributed by atoms with E-state index in [1.807, 2.05) is 6.07 Å². The third-order valence-corrected chi connectivity index (χ3v) is 4.83. The molecule has 142 valence electrons. The highest BCUT2D eigenvalue weighted by Crippen LogP contribution is 2.30. The Morgan fingerprint density at radius 2 is 1.88 bits per heavy atom. The second-order valence-electron chi connectivity index (χ2n) is 6.77. The molecular weight excluding hydrogens is 350 g/mol. The van der Waals surface area contributed by atoms with Crippen LogP contribution in [0.1, 0.15) is 31.2 Å². The minimum absolute atomic E-state index is 0. The molecule has 2 aliphatic rings. The fraction of sp³-hybridized carbons (Fsp3) is 0.667. The zero-order valence-electron chi connectivity index (χ0n) is 14.5. The average Bonchev–Trinajstić information content (AvgIpc) is 3.38. The van der Waals surface area contributed by atoms with Gasteiger partial charge in [-0.05, 0) is 68.9 Å². The van der Waals surface area contributed by atoms with E-state index in [9.17, 15) is 8.78 Å². The van der Waals surface area contributed by atoms with Crippen LogP contribution in [-0.2, 0) is 6.54 Å². The summed E-state index contributed by atoms with van der Waals surface area (Å²) in [5.41, 5.74) is 0.968. The smallest absolute Gasteiger partial charge is 0.387 e. The van der Waals surface area contributed by atoms with Crippen molar-refractivity contribution in [2.24, 2.45) is 5.92 Å². The van der Waals surface area contributed by atoms with Gasteiger partial charge < -0.3 is 14.8 Å². The number of benzene rings is 1. The summed E-state index contributed by atoms with van der Waals surface area (Å²) >= 11 is 0. The maximum atomic E-state index is 12.5. The molecule has 7 heteroatoms. The second-order valence-corrected chi connectivity index (χ2v) is 6.77. The van der Waals surface area contributed by atoms with Crippen molar-refractivity contribution >= 4 is 12.4 Å². The first-order valence-electron chi connectivity index (χ1n) is 8.71. The molecule has 25 heavy (non-hydrogen) atoms. The van der Waals surface area contributed by atoms with Crippen LogP contribution in [0.5, 0.6) is 11.5 Å². The van der Waals surface area contributed by atoms with E-state index in [-0.39, 0.29) is 18.2 Å². The normalized spacial score (nSPS) is 18.9. The molecule has 0 amide bonds. The largest absolute Gasteiger partial charge is 0.493 e. The van der Waals surface area contributed by atoms with Crippen molar-refractivity contribution in [3.63, 3.8) is 0 Å². The van der Waals surface area contributed by atoms with E-state index in [1.54, 1.807) is 12.1 Å². The highest BCUT2D eigenvalue weighted by Gasteiger charge is 2.24. The summed E-state index contributed by atoms with van der Waals surface area (Å²) in [5.74, 6) is 1.35. The highest BCUT2D eigenvalue weighted by atomic mass is 35.5. The maximum absolute atomic E-state index is 12.5. The number of nitrogens with one attached hydrogen (secondary N) is 1. The molecule has 1 saturated heterocycles. The summed E-state index contributed by atoms with van der Waals surface area (Å²) in [5, 5.41) is 3.67. The Bertz CT molecular complexity index is 536. The minimum Gasteiger partial charge on any atom is -0.493 e. The summed E-state index contributed by atoms with van der Waals surface area (Å²) in [4.78, 5) is 2.36. The summed E-state index contributed by atoms with van der Waals surface area (Å²) in [6.07, 6.45) is 5.05. The highest BCUT2D eigenvalue weighted by molar-refractivity contribution is 5.85. The Hall–Kier alpha value is -1.11. The first kappa shape index (κ1) is 20.2. The molecule has 0 unspecified atom stereocenters. The number of hydrogen-bond donors (Lipinski definition) is 1. The van der Waals surface area contributed by atoms with Crippen molar-refractivity contribution in [1.29, 1.82) is 0 Å². The van der Waals surface area contributed by atoms with Crippen LogP contribution >= 0.6 is 12.4 Å². The number of piperidine rings is 1. The quantitative estimate of drug-likeness (QED) is 0.750. The van der Waals surface area contributed by atoms with Crippen LogP contribution in [0.4, 0.5) is 8.78 Å². The molecule has 1 N–H and O–H groups in total. The van der Waals surface area contributed by atoms with E-state index in [0.717, 1.165) is 50.5 Å². The Morgan fingerprint density at radius 3 is 2.48 bits per heavy atom. The fourth-order valence-corrected chi connectivity index (χ4v) is 3.22. The number of halogens is 3. The van der Waals surface area contributed by atoms with Gasteiger partial charge >= 0.3 is 6.61 Å². The summed E-state index contributed by atoms with van der Waals surface area (Å²) < 4.78 is 34.7. The third-order valence-electron chi connectivity index (χ3n) is 4.83. The van der Waals surface area contributed by atoms with Gasteiger partial charge in [0.1, 0.15) is 0 Å². The molecule has 1 saturated carbocycles. The van der Waals surface area contributed by atoms with Crippen molar-refractivity contribution in [2.45, 2.75) is 44.9 Å².